The minimum Gasteiger partial charge on any atom is -0.456 e. The fourth-order valence-corrected chi connectivity index (χ4v) is 6.80. The van der Waals surface area contributed by atoms with E-state index in [9.17, 15) is 0 Å². The monoisotopic (exact) mass is 627 g/mol. The van der Waals surface area contributed by atoms with Crippen molar-refractivity contribution in [1.82, 2.24) is 0 Å². The van der Waals surface area contributed by atoms with Gasteiger partial charge in [0.15, 0.2) is 11.5 Å². The lowest BCUT2D eigenvalue weighted by atomic mass is 9.76. The van der Waals surface area contributed by atoms with E-state index in [0.717, 1.165) is 78.2 Å². The fourth-order valence-electron chi connectivity index (χ4n) is 6.80. The maximum absolute atomic E-state index is 6.57. The molecule has 1 fully saturated rings. The molecule has 0 aliphatic carbocycles. The van der Waals surface area contributed by atoms with E-state index in [1.807, 2.05) is 36.4 Å². The van der Waals surface area contributed by atoms with E-state index in [1.165, 1.54) is 0 Å². The van der Waals surface area contributed by atoms with Crippen LogP contribution in [0.2, 0.25) is 0 Å². The zero-order chi connectivity index (χ0) is 32.6. The van der Waals surface area contributed by atoms with Crippen molar-refractivity contribution in [3.8, 4) is 33.8 Å². The molecule has 1 aromatic heterocycles. The van der Waals surface area contributed by atoms with Gasteiger partial charge in [-0.15, -0.1) is 0 Å². The highest BCUT2D eigenvalue weighted by Crippen LogP contribution is 2.51. The summed E-state index contributed by atoms with van der Waals surface area (Å²) in [6, 6.07) is 46.3. The molecule has 6 heteroatoms. The van der Waals surface area contributed by atoms with Crippen LogP contribution in [-0.4, -0.2) is 18.3 Å². The number of nitrogens with zero attached hydrogens (tertiary/aromatic N) is 1. The first-order valence-electron chi connectivity index (χ1n) is 16.4. The first-order chi connectivity index (χ1) is 23.2. The molecule has 9 rings (SSSR count). The van der Waals surface area contributed by atoms with Gasteiger partial charge in [-0.1, -0.05) is 72.8 Å². The molecule has 5 nitrogen and oxygen atoms in total. The first-order valence-corrected chi connectivity index (χ1v) is 16.4. The van der Waals surface area contributed by atoms with Crippen LogP contribution in [0.15, 0.2) is 138 Å². The van der Waals surface area contributed by atoms with Crippen LogP contribution >= 0.6 is 0 Å². The van der Waals surface area contributed by atoms with Crippen molar-refractivity contribution in [2.24, 2.45) is 0 Å². The zero-order valence-corrected chi connectivity index (χ0v) is 27.4. The van der Waals surface area contributed by atoms with Gasteiger partial charge >= 0.3 is 7.12 Å². The minimum absolute atomic E-state index is 0.462. The van der Waals surface area contributed by atoms with E-state index in [1.54, 1.807) is 0 Å². The standard InChI is InChI=1S/C42H34BNO4/c1-41(2)42(3,4)48-43(47-41)31-23-29(27-19-21-38-34(25-27)33-14-8-10-16-37(33)45-38)22-30(24-31)28-18-20-36-40(26-28)46-39-17-11-9-15-35(39)44(36)32-12-6-5-7-13-32/h5-26H,1-4H3. The van der Waals surface area contributed by atoms with Crippen LogP contribution in [0.3, 0.4) is 0 Å². The van der Waals surface area contributed by atoms with Crippen LogP contribution in [0.25, 0.3) is 44.2 Å². The highest BCUT2D eigenvalue weighted by Gasteiger charge is 2.51. The Hall–Kier alpha value is -5.30. The number of hydrogen-bond acceptors (Lipinski definition) is 5. The molecular weight excluding hydrogens is 593 g/mol. The molecule has 6 aromatic carbocycles. The highest BCUT2D eigenvalue weighted by atomic mass is 16.7. The van der Waals surface area contributed by atoms with Crippen LogP contribution in [0, 0.1) is 0 Å². The van der Waals surface area contributed by atoms with Crippen LogP contribution in [0.5, 0.6) is 11.5 Å². The van der Waals surface area contributed by atoms with Gasteiger partial charge in [-0.25, -0.2) is 0 Å². The summed E-state index contributed by atoms with van der Waals surface area (Å²) in [6.07, 6.45) is 0. The summed E-state index contributed by atoms with van der Waals surface area (Å²) < 4.78 is 25.9. The van der Waals surface area contributed by atoms with Gasteiger partial charge in [-0.05, 0) is 116 Å². The normalized spacial score (nSPS) is 16.2. The number of ether oxygens (including phenoxy) is 1. The number of hydrogen-bond donors (Lipinski definition) is 0. The topological polar surface area (TPSA) is 44.1 Å². The van der Waals surface area contributed by atoms with Crippen molar-refractivity contribution >= 4 is 51.6 Å². The zero-order valence-electron chi connectivity index (χ0n) is 27.4. The molecule has 48 heavy (non-hydrogen) atoms. The molecule has 3 heterocycles. The number of benzene rings is 6. The van der Waals surface area contributed by atoms with Gasteiger partial charge in [0.2, 0.25) is 0 Å². The Labute approximate surface area is 280 Å². The molecule has 0 atom stereocenters. The number of rotatable bonds is 4. The highest BCUT2D eigenvalue weighted by molar-refractivity contribution is 6.62. The molecule has 7 aromatic rings. The van der Waals surface area contributed by atoms with Gasteiger partial charge in [0, 0.05) is 16.5 Å². The summed E-state index contributed by atoms with van der Waals surface area (Å²) in [5.41, 5.74) is 9.12. The predicted octanol–water partition coefficient (Wildman–Crippen LogP) is 10.8. The summed E-state index contributed by atoms with van der Waals surface area (Å²) in [5, 5.41) is 2.19. The number of anilines is 3. The van der Waals surface area contributed by atoms with Gasteiger partial charge in [0.05, 0.1) is 22.6 Å². The lowest BCUT2D eigenvalue weighted by molar-refractivity contribution is 0.00578. The lowest BCUT2D eigenvalue weighted by Gasteiger charge is -2.33. The second-order valence-electron chi connectivity index (χ2n) is 13.7. The largest absolute Gasteiger partial charge is 0.494 e. The summed E-state index contributed by atoms with van der Waals surface area (Å²) in [4.78, 5) is 2.26. The maximum atomic E-state index is 6.57. The van der Waals surface area contributed by atoms with Crippen molar-refractivity contribution in [3.63, 3.8) is 0 Å². The third kappa shape index (κ3) is 4.63. The molecule has 2 aliphatic rings. The first kappa shape index (κ1) is 28.9. The molecule has 0 radical (unpaired) electrons. The van der Waals surface area contributed by atoms with E-state index >= 15 is 0 Å². The molecular formula is C42H34BNO4. The Morgan fingerprint density at radius 1 is 0.500 bits per heavy atom. The van der Waals surface area contributed by atoms with Crippen LogP contribution < -0.4 is 15.1 Å². The third-order valence-electron chi connectivity index (χ3n) is 10.1. The van der Waals surface area contributed by atoms with Gasteiger partial charge in [-0.3, -0.25) is 0 Å². The molecule has 0 amide bonds. The second-order valence-corrected chi connectivity index (χ2v) is 13.7. The maximum Gasteiger partial charge on any atom is 0.494 e. The Morgan fingerprint density at radius 2 is 1.12 bits per heavy atom. The summed E-state index contributed by atoms with van der Waals surface area (Å²) in [6.45, 7) is 8.36. The molecule has 2 aliphatic heterocycles. The fraction of sp³-hybridized carbons (Fsp3) is 0.143. The Bertz CT molecular complexity index is 2340. The van der Waals surface area contributed by atoms with Crippen LogP contribution in [0.4, 0.5) is 17.1 Å². The van der Waals surface area contributed by atoms with Crippen molar-refractivity contribution in [2.45, 2.75) is 38.9 Å². The Kier molecular flexibility index (Phi) is 6.39. The van der Waals surface area contributed by atoms with E-state index in [-0.39, 0.29) is 0 Å². The average Bonchev–Trinajstić information content (AvgIpc) is 3.58. The van der Waals surface area contributed by atoms with E-state index in [2.05, 4.69) is 130 Å². The van der Waals surface area contributed by atoms with Crippen LogP contribution in [0.1, 0.15) is 27.7 Å². The summed E-state index contributed by atoms with van der Waals surface area (Å²) >= 11 is 0. The third-order valence-corrected chi connectivity index (χ3v) is 10.1. The quantitative estimate of drug-likeness (QED) is 0.182. The molecule has 0 saturated carbocycles. The second kappa shape index (κ2) is 10.6. The van der Waals surface area contributed by atoms with E-state index < -0.39 is 18.3 Å². The molecule has 0 unspecified atom stereocenters. The number of furan rings is 1. The smallest absolute Gasteiger partial charge is 0.456 e. The van der Waals surface area contributed by atoms with E-state index in [4.69, 9.17) is 18.5 Å². The average molecular weight is 628 g/mol. The van der Waals surface area contributed by atoms with Crippen LogP contribution in [-0.2, 0) is 9.31 Å². The molecule has 0 spiro atoms. The molecule has 0 bridgehead atoms. The lowest BCUT2D eigenvalue weighted by Crippen LogP contribution is -2.41. The van der Waals surface area contributed by atoms with Crippen molar-refractivity contribution in [1.29, 1.82) is 0 Å². The van der Waals surface area contributed by atoms with Gasteiger partial charge in [0.25, 0.3) is 0 Å². The SMILES string of the molecule is CC1(C)OB(c2cc(-c3ccc4c(c3)Oc3ccccc3N4c3ccccc3)cc(-c3ccc4oc5ccccc5c4c3)c2)OC1(C)C. The van der Waals surface area contributed by atoms with Gasteiger partial charge in [0.1, 0.15) is 11.2 Å². The van der Waals surface area contributed by atoms with Gasteiger partial charge < -0.3 is 23.4 Å². The Morgan fingerprint density at radius 3 is 1.92 bits per heavy atom. The molecule has 0 N–H and O–H groups in total. The summed E-state index contributed by atoms with van der Waals surface area (Å²) in [7, 11) is -0.512. The van der Waals surface area contributed by atoms with E-state index in [0.29, 0.717) is 0 Å². The van der Waals surface area contributed by atoms with Crippen molar-refractivity contribution in [2.75, 3.05) is 4.90 Å². The number of fused-ring (bicyclic) bond motifs is 5. The summed E-state index contributed by atoms with van der Waals surface area (Å²) in [5.74, 6) is 1.61. The molecule has 234 valence electrons. The molecule has 1 saturated heterocycles. The van der Waals surface area contributed by atoms with Gasteiger partial charge in [-0.2, -0.15) is 0 Å². The van der Waals surface area contributed by atoms with Crippen molar-refractivity contribution in [3.05, 3.63) is 133 Å². The minimum atomic E-state index is -0.512. The predicted molar refractivity (Wildman–Crippen MR) is 195 cm³/mol. The number of para-hydroxylation sites is 4. The Balaban J connectivity index is 1.19. The van der Waals surface area contributed by atoms with Crippen molar-refractivity contribution < 1.29 is 18.5 Å².